The Balaban J connectivity index is 1.59. The van der Waals surface area contributed by atoms with Crippen molar-refractivity contribution < 1.29 is 4.74 Å². The summed E-state index contributed by atoms with van der Waals surface area (Å²) in [6.45, 7) is 1.12. The first-order chi connectivity index (χ1) is 10.3. The summed E-state index contributed by atoms with van der Waals surface area (Å²) in [5, 5.41) is 8.24. The second kappa shape index (κ2) is 6.54. The molecule has 0 saturated heterocycles. The maximum atomic E-state index is 5.65. The second-order valence-corrected chi connectivity index (χ2v) is 5.55. The number of halogens is 1. The lowest BCUT2D eigenvalue weighted by molar-refractivity contribution is 0.301. The summed E-state index contributed by atoms with van der Waals surface area (Å²) in [5.41, 5.74) is 1.99. The zero-order chi connectivity index (χ0) is 14.5. The van der Waals surface area contributed by atoms with Crippen LogP contribution in [0.5, 0.6) is 5.75 Å². The van der Waals surface area contributed by atoms with Gasteiger partial charge in [0.05, 0.1) is 12.7 Å². The maximum Gasteiger partial charge on any atom is 0.134 e. The van der Waals surface area contributed by atoms with Crippen LogP contribution in [-0.4, -0.2) is 15.0 Å². The molecule has 4 nitrogen and oxygen atoms in total. The summed E-state index contributed by atoms with van der Waals surface area (Å²) in [4.78, 5) is 0. The highest BCUT2D eigenvalue weighted by Gasteiger charge is 2.03. The van der Waals surface area contributed by atoms with E-state index in [-0.39, 0.29) is 0 Å². The lowest BCUT2D eigenvalue weighted by atomic mass is 10.2. The van der Waals surface area contributed by atoms with Crippen molar-refractivity contribution in [3.8, 4) is 5.75 Å². The minimum Gasteiger partial charge on any atom is -0.487 e. The van der Waals surface area contributed by atoms with Gasteiger partial charge in [0.2, 0.25) is 0 Å². The van der Waals surface area contributed by atoms with E-state index in [1.165, 1.54) is 5.56 Å². The Morgan fingerprint density at radius 1 is 1.00 bits per heavy atom. The van der Waals surface area contributed by atoms with Crippen molar-refractivity contribution in [3.05, 3.63) is 76.5 Å². The molecule has 0 amide bonds. The first kappa shape index (κ1) is 13.8. The predicted octanol–water partition coefficient (Wildman–Crippen LogP) is 3.67. The summed E-state index contributed by atoms with van der Waals surface area (Å²) >= 11 is 3.43. The van der Waals surface area contributed by atoms with Crippen molar-refractivity contribution in [2.24, 2.45) is 0 Å². The zero-order valence-electron chi connectivity index (χ0n) is 11.3. The molecule has 0 radical (unpaired) electrons. The predicted molar refractivity (Wildman–Crippen MR) is 84.0 cm³/mol. The number of rotatable bonds is 5. The minimum atomic E-state index is 0.421. The molecule has 2 aromatic carbocycles. The van der Waals surface area contributed by atoms with Gasteiger partial charge in [0, 0.05) is 4.47 Å². The van der Waals surface area contributed by atoms with E-state index in [2.05, 4.69) is 38.4 Å². The Kier molecular flexibility index (Phi) is 4.31. The van der Waals surface area contributed by atoms with Crippen LogP contribution in [0.1, 0.15) is 11.3 Å². The average Bonchev–Trinajstić information content (AvgIpc) is 2.96. The minimum absolute atomic E-state index is 0.421. The van der Waals surface area contributed by atoms with E-state index in [4.69, 9.17) is 4.74 Å². The van der Waals surface area contributed by atoms with Gasteiger partial charge in [-0.15, -0.1) is 5.10 Å². The molecular formula is C16H14BrN3O. The number of ether oxygens (including phenoxy) is 1. The average molecular weight is 344 g/mol. The molecular weight excluding hydrogens is 330 g/mol. The van der Waals surface area contributed by atoms with Crippen molar-refractivity contribution in [1.82, 2.24) is 15.0 Å². The van der Waals surface area contributed by atoms with Crippen LogP contribution in [0.2, 0.25) is 0 Å². The lowest BCUT2D eigenvalue weighted by Gasteiger charge is -2.02. The van der Waals surface area contributed by atoms with Gasteiger partial charge in [-0.1, -0.05) is 51.5 Å². The topological polar surface area (TPSA) is 39.9 Å². The fraction of sp³-hybridized carbons (Fsp3) is 0.125. The number of nitrogens with zero attached hydrogens (tertiary/aromatic N) is 3. The van der Waals surface area contributed by atoms with Crippen LogP contribution in [0.25, 0.3) is 0 Å². The van der Waals surface area contributed by atoms with Crippen molar-refractivity contribution in [3.63, 3.8) is 0 Å². The van der Waals surface area contributed by atoms with Gasteiger partial charge >= 0.3 is 0 Å². The van der Waals surface area contributed by atoms with E-state index in [0.29, 0.717) is 13.2 Å². The van der Waals surface area contributed by atoms with Gasteiger partial charge in [-0.25, -0.2) is 4.68 Å². The van der Waals surface area contributed by atoms with Gasteiger partial charge in [-0.05, 0) is 29.8 Å². The number of aromatic nitrogens is 3. The SMILES string of the molecule is Brc1ccc(Cn2cc(COc3ccccc3)nn2)cc1. The molecule has 1 heterocycles. The highest BCUT2D eigenvalue weighted by Crippen LogP contribution is 2.12. The van der Waals surface area contributed by atoms with Gasteiger partial charge in [0.1, 0.15) is 18.1 Å². The van der Waals surface area contributed by atoms with Crippen LogP contribution in [-0.2, 0) is 13.2 Å². The van der Waals surface area contributed by atoms with Crippen LogP contribution in [0, 0.1) is 0 Å². The van der Waals surface area contributed by atoms with Gasteiger partial charge < -0.3 is 4.74 Å². The standard InChI is InChI=1S/C16H14BrN3O/c17-14-8-6-13(7-9-14)10-20-11-15(18-19-20)12-21-16-4-2-1-3-5-16/h1-9,11H,10,12H2. The third-order valence-corrected chi connectivity index (χ3v) is 3.50. The molecule has 0 fully saturated rings. The molecule has 0 spiro atoms. The highest BCUT2D eigenvalue weighted by molar-refractivity contribution is 9.10. The molecule has 5 heteroatoms. The van der Waals surface area contributed by atoms with Crippen LogP contribution in [0.15, 0.2) is 65.3 Å². The Morgan fingerprint density at radius 2 is 1.76 bits per heavy atom. The smallest absolute Gasteiger partial charge is 0.134 e. The molecule has 1 aromatic heterocycles. The van der Waals surface area contributed by atoms with Gasteiger partial charge in [0.25, 0.3) is 0 Å². The van der Waals surface area contributed by atoms with Crippen molar-refractivity contribution in [2.45, 2.75) is 13.2 Å². The molecule has 0 aliphatic rings. The molecule has 0 bridgehead atoms. The summed E-state index contributed by atoms with van der Waals surface area (Å²) in [7, 11) is 0. The van der Waals surface area contributed by atoms with Crippen LogP contribution < -0.4 is 4.74 Å². The first-order valence-corrected chi connectivity index (χ1v) is 7.40. The third-order valence-electron chi connectivity index (χ3n) is 2.97. The fourth-order valence-corrected chi connectivity index (χ4v) is 2.20. The molecule has 3 aromatic rings. The monoisotopic (exact) mass is 343 g/mol. The largest absolute Gasteiger partial charge is 0.487 e. The van der Waals surface area contributed by atoms with E-state index in [1.807, 2.05) is 53.3 Å². The van der Waals surface area contributed by atoms with E-state index in [0.717, 1.165) is 15.9 Å². The van der Waals surface area contributed by atoms with Gasteiger partial charge in [0.15, 0.2) is 0 Å². The molecule has 21 heavy (non-hydrogen) atoms. The third kappa shape index (κ3) is 3.92. The Hall–Kier alpha value is -2.14. The number of hydrogen-bond acceptors (Lipinski definition) is 3. The molecule has 3 rings (SSSR count). The molecule has 0 atom stereocenters. The Bertz CT molecular complexity index is 695. The van der Waals surface area contributed by atoms with Crippen LogP contribution in [0.3, 0.4) is 0 Å². The van der Waals surface area contributed by atoms with Crippen molar-refractivity contribution in [2.75, 3.05) is 0 Å². The Labute approximate surface area is 131 Å². The highest BCUT2D eigenvalue weighted by atomic mass is 79.9. The van der Waals surface area contributed by atoms with Crippen LogP contribution >= 0.6 is 15.9 Å². The summed E-state index contributed by atoms with van der Waals surface area (Å²) < 4.78 is 8.53. The number of benzene rings is 2. The van der Waals surface area contributed by atoms with Gasteiger partial charge in [-0.3, -0.25) is 0 Å². The number of hydrogen-bond donors (Lipinski definition) is 0. The summed E-state index contributed by atoms with van der Waals surface area (Å²) in [6.07, 6.45) is 1.91. The van der Waals surface area contributed by atoms with E-state index < -0.39 is 0 Å². The fourth-order valence-electron chi connectivity index (χ4n) is 1.93. The summed E-state index contributed by atoms with van der Waals surface area (Å²) in [5.74, 6) is 0.833. The van der Waals surface area contributed by atoms with E-state index >= 15 is 0 Å². The number of para-hydroxylation sites is 1. The van der Waals surface area contributed by atoms with Gasteiger partial charge in [-0.2, -0.15) is 0 Å². The van der Waals surface area contributed by atoms with Crippen LogP contribution in [0.4, 0.5) is 0 Å². The summed E-state index contributed by atoms with van der Waals surface area (Å²) in [6, 6.07) is 17.9. The zero-order valence-corrected chi connectivity index (χ0v) is 12.9. The quantitative estimate of drug-likeness (QED) is 0.709. The lowest BCUT2D eigenvalue weighted by Crippen LogP contribution is -2.00. The molecule has 106 valence electrons. The van der Waals surface area contributed by atoms with Crippen molar-refractivity contribution in [1.29, 1.82) is 0 Å². The Morgan fingerprint density at radius 3 is 2.52 bits per heavy atom. The van der Waals surface area contributed by atoms with E-state index in [1.54, 1.807) is 0 Å². The molecule has 0 aliphatic heterocycles. The molecule has 0 aliphatic carbocycles. The molecule has 0 saturated carbocycles. The molecule has 0 unspecified atom stereocenters. The molecule has 0 N–H and O–H groups in total. The second-order valence-electron chi connectivity index (χ2n) is 4.64. The van der Waals surface area contributed by atoms with E-state index in [9.17, 15) is 0 Å². The first-order valence-electron chi connectivity index (χ1n) is 6.61. The van der Waals surface area contributed by atoms with Crippen molar-refractivity contribution >= 4 is 15.9 Å². The normalized spacial score (nSPS) is 10.5. The maximum absolute atomic E-state index is 5.65.